The molecule has 2 rings (SSSR count). The molecule has 0 aromatic heterocycles. The van der Waals surface area contributed by atoms with Gasteiger partial charge in [-0.15, -0.1) is 0 Å². The molecular weight excluding hydrogens is 196 g/mol. The van der Waals surface area contributed by atoms with Crippen LogP contribution in [0, 0.1) is 13.0 Å². The molecule has 0 saturated heterocycles. The molecule has 0 heterocycles. The molecule has 16 heavy (non-hydrogen) atoms. The Hall–Kier alpha value is -1.76. The van der Waals surface area contributed by atoms with E-state index >= 15 is 0 Å². The zero-order valence-electron chi connectivity index (χ0n) is 9.66. The van der Waals surface area contributed by atoms with Gasteiger partial charge in [0.2, 0.25) is 0 Å². The number of benzene rings is 2. The van der Waals surface area contributed by atoms with Gasteiger partial charge < -0.3 is 4.74 Å². The summed E-state index contributed by atoms with van der Waals surface area (Å²) < 4.78 is 5.31. The van der Waals surface area contributed by atoms with Gasteiger partial charge in [0.1, 0.15) is 5.75 Å². The van der Waals surface area contributed by atoms with Gasteiger partial charge in [-0.1, -0.05) is 42.0 Å². The summed E-state index contributed by atoms with van der Waals surface area (Å²) in [6.45, 7) is 2.10. The number of rotatable bonds is 3. The zero-order valence-corrected chi connectivity index (χ0v) is 9.66. The van der Waals surface area contributed by atoms with Crippen molar-refractivity contribution in [1.82, 2.24) is 0 Å². The molecule has 0 spiro atoms. The monoisotopic (exact) mass is 211 g/mol. The van der Waals surface area contributed by atoms with Gasteiger partial charge in [-0.05, 0) is 24.6 Å². The second-order valence-electron chi connectivity index (χ2n) is 3.88. The van der Waals surface area contributed by atoms with Gasteiger partial charge in [0, 0.05) is 12.0 Å². The molecule has 0 unspecified atom stereocenters. The molecule has 0 bridgehead atoms. The fourth-order valence-electron chi connectivity index (χ4n) is 1.70. The molecule has 1 heteroatoms. The largest absolute Gasteiger partial charge is 0.496 e. The molecule has 0 saturated carbocycles. The van der Waals surface area contributed by atoms with Gasteiger partial charge in [-0.2, -0.15) is 0 Å². The maximum atomic E-state index is 5.31. The first kappa shape index (κ1) is 10.7. The van der Waals surface area contributed by atoms with Gasteiger partial charge in [0.15, 0.2) is 0 Å². The molecule has 0 fully saturated rings. The summed E-state index contributed by atoms with van der Waals surface area (Å²) in [4.78, 5) is 0. The van der Waals surface area contributed by atoms with Crippen LogP contribution in [-0.4, -0.2) is 7.11 Å². The molecule has 0 N–H and O–H groups in total. The predicted octanol–water partition coefficient (Wildman–Crippen LogP) is 3.39. The van der Waals surface area contributed by atoms with Crippen LogP contribution in [0.3, 0.4) is 0 Å². The van der Waals surface area contributed by atoms with E-state index in [1.807, 2.05) is 18.2 Å². The van der Waals surface area contributed by atoms with Gasteiger partial charge in [0.25, 0.3) is 0 Å². The van der Waals surface area contributed by atoms with E-state index in [9.17, 15) is 0 Å². The highest BCUT2D eigenvalue weighted by molar-refractivity contribution is 5.37. The van der Waals surface area contributed by atoms with Crippen LogP contribution < -0.4 is 4.74 Å². The van der Waals surface area contributed by atoms with E-state index in [0.29, 0.717) is 0 Å². The standard InChI is InChI=1S/C15H15O/c1-12-7-9-13(10-8-12)11-14-5-3-4-6-15(14)16-2/h3-4,6-10H,11H2,1-2H3. The lowest BCUT2D eigenvalue weighted by Gasteiger charge is -2.07. The van der Waals surface area contributed by atoms with E-state index in [1.54, 1.807) is 7.11 Å². The number of ether oxygens (including phenoxy) is 1. The van der Waals surface area contributed by atoms with Crippen LogP contribution in [0.25, 0.3) is 0 Å². The number of methoxy groups -OCH3 is 1. The number of hydrogen-bond donors (Lipinski definition) is 0. The van der Waals surface area contributed by atoms with Crippen molar-refractivity contribution in [3.05, 3.63) is 65.2 Å². The minimum Gasteiger partial charge on any atom is -0.496 e. The second kappa shape index (κ2) is 4.84. The Labute approximate surface area is 96.7 Å². The molecule has 0 atom stereocenters. The quantitative estimate of drug-likeness (QED) is 0.756. The average molecular weight is 211 g/mol. The van der Waals surface area contributed by atoms with Crippen molar-refractivity contribution in [2.75, 3.05) is 7.11 Å². The topological polar surface area (TPSA) is 9.23 Å². The van der Waals surface area contributed by atoms with Gasteiger partial charge in [-0.25, -0.2) is 0 Å². The summed E-state index contributed by atoms with van der Waals surface area (Å²) in [7, 11) is 1.70. The highest BCUT2D eigenvalue weighted by Crippen LogP contribution is 2.20. The Morgan fingerprint density at radius 1 is 1.12 bits per heavy atom. The summed E-state index contributed by atoms with van der Waals surface area (Å²) in [6.07, 6.45) is 0.865. The summed E-state index contributed by atoms with van der Waals surface area (Å²) in [5.41, 5.74) is 3.67. The summed E-state index contributed by atoms with van der Waals surface area (Å²) in [6, 6.07) is 17.6. The van der Waals surface area contributed by atoms with Crippen molar-refractivity contribution >= 4 is 0 Å². The van der Waals surface area contributed by atoms with E-state index in [4.69, 9.17) is 4.74 Å². The van der Waals surface area contributed by atoms with Crippen molar-refractivity contribution < 1.29 is 4.74 Å². The van der Waals surface area contributed by atoms with Crippen LogP contribution in [0.4, 0.5) is 0 Å². The molecule has 2 aromatic carbocycles. The predicted molar refractivity (Wildman–Crippen MR) is 65.8 cm³/mol. The Morgan fingerprint density at radius 3 is 2.56 bits per heavy atom. The molecule has 0 amide bonds. The van der Waals surface area contributed by atoms with Crippen LogP contribution in [0.15, 0.2) is 42.5 Å². The summed E-state index contributed by atoms with van der Waals surface area (Å²) in [5.74, 6) is 0.906. The fraction of sp³-hybridized carbons (Fsp3) is 0.200. The molecule has 0 aliphatic carbocycles. The highest BCUT2D eigenvalue weighted by Gasteiger charge is 2.02. The Kier molecular flexibility index (Phi) is 3.25. The fourth-order valence-corrected chi connectivity index (χ4v) is 1.70. The minimum atomic E-state index is 0.865. The van der Waals surface area contributed by atoms with Gasteiger partial charge >= 0.3 is 0 Å². The Bertz CT molecular complexity index is 457. The van der Waals surface area contributed by atoms with Crippen LogP contribution in [-0.2, 0) is 6.42 Å². The van der Waals surface area contributed by atoms with E-state index in [0.717, 1.165) is 17.7 Å². The second-order valence-corrected chi connectivity index (χ2v) is 3.88. The third kappa shape index (κ3) is 2.43. The van der Waals surface area contributed by atoms with Crippen LogP contribution in [0.5, 0.6) is 5.75 Å². The number of hydrogen-bond acceptors (Lipinski definition) is 1. The van der Waals surface area contributed by atoms with Gasteiger partial charge in [0.05, 0.1) is 7.11 Å². The Balaban J connectivity index is 2.23. The molecule has 1 nitrogen and oxygen atoms in total. The first-order valence-corrected chi connectivity index (χ1v) is 5.38. The number of aryl methyl sites for hydroxylation is 1. The molecule has 0 aliphatic heterocycles. The summed E-state index contributed by atoms with van der Waals surface area (Å²) >= 11 is 0. The third-order valence-electron chi connectivity index (χ3n) is 2.62. The van der Waals surface area contributed by atoms with Crippen molar-refractivity contribution in [3.8, 4) is 5.75 Å². The SMILES string of the molecule is COc1ccc[c]c1Cc1ccc(C)cc1. The normalized spacial score (nSPS) is 10.1. The van der Waals surface area contributed by atoms with Crippen LogP contribution >= 0.6 is 0 Å². The van der Waals surface area contributed by atoms with Crippen molar-refractivity contribution in [2.24, 2.45) is 0 Å². The van der Waals surface area contributed by atoms with E-state index in [1.165, 1.54) is 11.1 Å². The molecule has 1 radical (unpaired) electrons. The molecule has 0 aliphatic rings. The average Bonchev–Trinajstić information content (AvgIpc) is 2.33. The minimum absolute atomic E-state index is 0.865. The maximum Gasteiger partial charge on any atom is 0.123 e. The molecular formula is C15H15O. The van der Waals surface area contributed by atoms with Crippen molar-refractivity contribution in [1.29, 1.82) is 0 Å². The van der Waals surface area contributed by atoms with Gasteiger partial charge in [-0.3, -0.25) is 0 Å². The van der Waals surface area contributed by atoms with Crippen molar-refractivity contribution in [2.45, 2.75) is 13.3 Å². The van der Waals surface area contributed by atoms with E-state index in [-0.39, 0.29) is 0 Å². The van der Waals surface area contributed by atoms with E-state index in [2.05, 4.69) is 37.3 Å². The Morgan fingerprint density at radius 2 is 1.88 bits per heavy atom. The summed E-state index contributed by atoms with van der Waals surface area (Å²) in [5, 5.41) is 0. The first-order chi connectivity index (χ1) is 7.79. The van der Waals surface area contributed by atoms with Crippen LogP contribution in [0.2, 0.25) is 0 Å². The maximum absolute atomic E-state index is 5.31. The third-order valence-corrected chi connectivity index (χ3v) is 2.62. The molecule has 81 valence electrons. The lowest BCUT2D eigenvalue weighted by molar-refractivity contribution is 0.410. The lowest BCUT2D eigenvalue weighted by atomic mass is 10.0. The smallest absolute Gasteiger partial charge is 0.123 e. The first-order valence-electron chi connectivity index (χ1n) is 5.38. The van der Waals surface area contributed by atoms with Crippen molar-refractivity contribution in [3.63, 3.8) is 0 Å². The van der Waals surface area contributed by atoms with E-state index < -0.39 is 0 Å². The molecule has 2 aromatic rings. The zero-order chi connectivity index (χ0) is 11.4. The lowest BCUT2D eigenvalue weighted by Crippen LogP contribution is -1.93. The van der Waals surface area contributed by atoms with Crippen LogP contribution in [0.1, 0.15) is 16.7 Å². The highest BCUT2D eigenvalue weighted by atomic mass is 16.5.